The van der Waals surface area contributed by atoms with E-state index < -0.39 is 15.6 Å². The van der Waals surface area contributed by atoms with Crippen molar-refractivity contribution in [2.24, 2.45) is 5.92 Å². The predicted molar refractivity (Wildman–Crippen MR) is 72.9 cm³/mol. The Morgan fingerprint density at radius 3 is 2.33 bits per heavy atom. The first-order valence-electron chi connectivity index (χ1n) is 6.42. The molecule has 0 bridgehead atoms. The van der Waals surface area contributed by atoms with Crippen LogP contribution in [0.2, 0.25) is 0 Å². The van der Waals surface area contributed by atoms with E-state index in [0.717, 1.165) is 25.7 Å². The maximum atomic E-state index is 12.0. The van der Waals surface area contributed by atoms with Crippen LogP contribution in [0.5, 0.6) is 0 Å². The van der Waals surface area contributed by atoms with Crippen LogP contribution in [-0.4, -0.2) is 25.6 Å². The lowest BCUT2D eigenvalue weighted by atomic mass is 9.94. The predicted octanol–water partition coefficient (Wildman–Crippen LogP) is 2.40. The molecule has 1 N–H and O–H groups in total. The molecule has 1 saturated carbocycles. The zero-order chi connectivity index (χ0) is 13.6. The summed E-state index contributed by atoms with van der Waals surface area (Å²) in [7, 11) is -3.44. The van der Waals surface area contributed by atoms with Crippen molar-refractivity contribution in [1.29, 1.82) is 5.26 Å². The number of hydrogen-bond acceptors (Lipinski definition) is 3. The molecule has 1 rings (SSSR count). The lowest BCUT2D eigenvalue weighted by molar-refractivity contribution is 0.420. The van der Waals surface area contributed by atoms with Gasteiger partial charge in [-0.3, -0.25) is 0 Å². The van der Waals surface area contributed by atoms with Crippen LogP contribution in [-0.2, 0) is 10.0 Å². The molecule has 6 heteroatoms. The Morgan fingerprint density at radius 2 is 1.89 bits per heavy atom. The van der Waals surface area contributed by atoms with Gasteiger partial charge >= 0.3 is 0 Å². The fourth-order valence-corrected chi connectivity index (χ4v) is 4.36. The molecule has 0 heterocycles. The number of nitrogens with zero attached hydrogens (tertiary/aromatic N) is 1. The summed E-state index contributed by atoms with van der Waals surface area (Å²) >= 11 is 5.64. The van der Waals surface area contributed by atoms with Crippen molar-refractivity contribution in [3.8, 4) is 6.07 Å². The third kappa shape index (κ3) is 4.75. The van der Waals surface area contributed by atoms with Crippen LogP contribution in [0.4, 0.5) is 0 Å². The highest BCUT2D eigenvalue weighted by molar-refractivity contribution is 7.89. The van der Waals surface area contributed by atoms with Gasteiger partial charge in [0.05, 0.1) is 11.8 Å². The third-order valence-electron chi connectivity index (χ3n) is 3.29. The van der Waals surface area contributed by atoms with Gasteiger partial charge in [-0.15, -0.1) is 11.6 Å². The topological polar surface area (TPSA) is 70.0 Å². The normalized spacial score (nSPS) is 21.8. The third-order valence-corrected chi connectivity index (χ3v) is 5.53. The smallest absolute Gasteiger partial charge is 0.212 e. The van der Waals surface area contributed by atoms with Gasteiger partial charge in [0, 0.05) is 5.88 Å². The van der Waals surface area contributed by atoms with Crippen molar-refractivity contribution in [2.45, 2.75) is 51.0 Å². The van der Waals surface area contributed by atoms with E-state index >= 15 is 0 Å². The van der Waals surface area contributed by atoms with Gasteiger partial charge in [-0.05, 0) is 18.8 Å². The number of hydrogen-bond donors (Lipinski definition) is 1. The minimum Gasteiger partial charge on any atom is -0.212 e. The van der Waals surface area contributed by atoms with Crippen LogP contribution >= 0.6 is 11.6 Å². The molecule has 0 radical (unpaired) electrons. The van der Waals surface area contributed by atoms with Gasteiger partial charge in [-0.1, -0.05) is 32.6 Å². The largest absolute Gasteiger partial charge is 0.213 e. The molecule has 0 aromatic heterocycles. The van der Waals surface area contributed by atoms with Crippen molar-refractivity contribution in [2.75, 3.05) is 11.6 Å². The van der Waals surface area contributed by atoms with E-state index in [1.165, 1.54) is 0 Å². The zero-order valence-electron chi connectivity index (χ0n) is 10.8. The Labute approximate surface area is 115 Å². The number of rotatable bonds is 5. The van der Waals surface area contributed by atoms with Crippen LogP contribution < -0.4 is 4.72 Å². The second-order valence-corrected chi connectivity index (χ2v) is 7.33. The highest BCUT2D eigenvalue weighted by atomic mass is 35.5. The number of sulfonamides is 1. The molecular weight excluding hydrogens is 272 g/mol. The fraction of sp³-hybridized carbons (Fsp3) is 0.917. The van der Waals surface area contributed by atoms with Gasteiger partial charge in [0.2, 0.25) is 10.0 Å². The molecule has 1 fully saturated rings. The van der Waals surface area contributed by atoms with Crippen molar-refractivity contribution in [3.05, 3.63) is 0 Å². The first-order chi connectivity index (χ1) is 8.43. The highest BCUT2D eigenvalue weighted by Gasteiger charge is 2.35. The van der Waals surface area contributed by atoms with Gasteiger partial charge < -0.3 is 0 Å². The van der Waals surface area contributed by atoms with Gasteiger partial charge in [0.1, 0.15) is 5.54 Å². The lowest BCUT2D eigenvalue weighted by Gasteiger charge is -2.26. The maximum absolute atomic E-state index is 12.0. The van der Waals surface area contributed by atoms with Crippen LogP contribution in [0.3, 0.4) is 0 Å². The van der Waals surface area contributed by atoms with E-state index in [2.05, 4.69) is 10.8 Å². The van der Waals surface area contributed by atoms with E-state index in [1.807, 2.05) is 0 Å². The summed E-state index contributed by atoms with van der Waals surface area (Å²) < 4.78 is 26.7. The molecule has 1 aliphatic carbocycles. The Balaban J connectivity index is 2.75. The van der Waals surface area contributed by atoms with Gasteiger partial charge in [-0.25, -0.2) is 8.42 Å². The van der Waals surface area contributed by atoms with E-state index in [1.54, 1.807) is 6.92 Å². The molecule has 0 aliphatic heterocycles. The fourth-order valence-electron chi connectivity index (χ4n) is 2.33. The second-order valence-electron chi connectivity index (χ2n) is 5.25. The average molecular weight is 293 g/mol. The second kappa shape index (κ2) is 6.74. The number of alkyl halides is 1. The molecule has 1 aliphatic rings. The van der Waals surface area contributed by atoms with E-state index in [4.69, 9.17) is 11.6 Å². The molecule has 0 spiro atoms. The van der Waals surface area contributed by atoms with Crippen molar-refractivity contribution >= 4 is 21.6 Å². The van der Waals surface area contributed by atoms with Crippen LogP contribution in [0.15, 0.2) is 0 Å². The molecule has 1 unspecified atom stereocenters. The van der Waals surface area contributed by atoms with Gasteiger partial charge in [0.15, 0.2) is 0 Å². The molecule has 4 nitrogen and oxygen atoms in total. The van der Waals surface area contributed by atoms with E-state index in [-0.39, 0.29) is 11.7 Å². The lowest BCUT2D eigenvalue weighted by Crippen LogP contribution is -2.48. The molecule has 0 aromatic carbocycles. The Bertz CT molecular complexity index is 395. The van der Waals surface area contributed by atoms with E-state index in [0.29, 0.717) is 18.7 Å². The Morgan fingerprint density at radius 1 is 1.33 bits per heavy atom. The summed E-state index contributed by atoms with van der Waals surface area (Å²) in [5, 5.41) is 9.32. The van der Waals surface area contributed by atoms with Crippen LogP contribution in [0.1, 0.15) is 45.4 Å². The molecule has 0 saturated heterocycles. The summed E-state index contributed by atoms with van der Waals surface area (Å²) in [5.41, 5.74) is -0.901. The quantitative estimate of drug-likeness (QED) is 0.625. The molecule has 18 heavy (non-hydrogen) atoms. The maximum Gasteiger partial charge on any atom is 0.213 e. The zero-order valence-corrected chi connectivity index (χ0v) is 12.4. The Hall–Kier alpha value is -0.310. The van der Waals surface area contributed by atoms with Crippen LogP contribution in [0, 0.1) is 17.2 Å². The summed E-state index contributed by atoms with van der Waals surface area (Å²) in [5.74, 6) is 0.186. The monoisotopic (exact) mass is 292 g/mol. The molecular formula is C12H21ClN2O2S. The summed E-state index contributed by atoms with van der Waals surface area (Å²) in [6.07, 6.45) is 5.17. The number of nitriles is 1. The average Bonchev–Trinajstić information content (AvgIpc) is 2.54. The molecule has 104 valence electrons. The number of halogens is 1. The highest BCUT2D eigenvalue weighted by Crippen LogP contribution is 2.27. The van der Waals surface area contributed by atoms with Gasteiger partial charge in [-0.2, -0.15) is 9.98 Å². The first kappa shape index (κ1) is 15.7. The summed E-state index contributed by atoms with van der Waals surface area (Å²) in [4.78, 5) is 0. The Kier molecular flexibility index (Phi) is 5.90. The standard InChI is InChI=1S/C12H21ClN2O2S/c1-11(8-13)9-18(16,17)15-12(10-14)6-4-2-3-5-7-12/h11,15H,2-9H2,1H3. The van der Waals surface area contributed by atoms with Crippen molar-refractivity contribution in [1.82, 2.24) is 4.72 Å². The minimum absolute atomic E-state index is 0.0140. The van der Waals surface area contributed by atoms with Crippen molar-refractivity contribution < 1.29 is 8.42 Å². The van der Waals surface area contributed by atoms with Crippen molar-refractivity contribution in [3.63, 3.8) is 0 Å². The summed E-state index contributed by atoms with van der Waals surface area (Å²) in [6.45, 7) is 1.79. The van der Waals surface area contributed by atoms with E-state index in [9.17, 15) is 13.7 Å². The SMILES string of the molecule is CC(CCl)CS(=O)(=O)NC1(C#N)CCCCCC1. The number of nitrogens with one attached hydrogen (secondary N) is 1. The minimum atomic E-state index is -3.44. The van der Waals surface area contributed by atoms with Crippen LogP contribution in [0.25, 0.3) is 0 Å². The summed E-state index contributed by atoms with van der Waals surface area (Å²) in [6, 6.07) is 2.18. The molecule has 1 atom stereocenters. The van der Waals surface area contributed by atoms with Gasteiger partial charge in [0.25, 0.3) is 0 Å². The molecule has 0 amide bonds. The first-order valence-corrected chi connectivity index (χ1v) is 8.60. The molecule has 0 aromatic rings.